The predicted octanol–water partition coefficient (Wildman–Crippen LogP) is 0.785. The molecule has 0 fully saturated rings. The highest BCUT2D eigenvalue weighted by molar-refractivity contribution is 5.49. The molecule has 1 aliphatic rings. The Morgan fingerprint density at radius 3 is 3.07 bits per heavy atom. The maximum absolute atomic E-state index is 5.69. The molecule has 4 heteroatoms. The van der Waals surface area contributed by atoms with Crippen LogP contribution in [0.4, 0.5) is 5.82 Å². The summed E-state index contributed by atoms with van der Waals surface area (Å²) >= 11 is 0. The monoisotopic (exact) mass is 194 g/mol. The van der Waals surface area contributed by atoms with E-state index in [1.807, 2.05) is 6.20 Å². The summed E-state index contributed by atoms with van der Waals surface area (Å²) in [6.07, 6.45) is 3.15. The third-order valence-corrected chi connectivity index (χ3v) is 2.95. The van der Waals surface area contributed by atoms with Crippen molar-refractivity contribution in [2.24, 2.45) is 5.73 Å². The summed E-state index contributed by atoms with van der Waals surface area (Å²) in [6.45, 7) is 5.00. The van der Waals surface area contributed by atoms with E-state index in [2.05, 4.69) is 28.7 Å². The van der Waals surface area contributed by atoms with E-state index in [-0.39, 0.29) is 0 Å². The van der Waals surface area contributed by atoms with Gasteiger partial charge in [0, 0.05) is 25.7 Å². The van der Waals surface area contributed by atoms with Gasteiger partial charge in [0.2, 0.25) is 0 Å². The van der Waals surface area contributed by atoms with Crippen molar-refractivity contribution in [3.8, 4) is 0 Å². The number of hydrogen-bond acceptors (Lipinski definition) is 3. The molecule has 2 heterocycles. The van der Waals surface area contributed by atoms with Crippen LogP contribution in [0.3, 0.4) is 0 Å². The molecule has 0 saturated carbocycles. The minimum atomic E-state index is 0.402. The normalized spacial score (nSPS) is 18.1. The molecule has 0 spiro atoms. The van der Waals surface area contributed by atoms with Gasteiger partial charge in [-0.15, -0.1) is 0 Å². The van der Waals surface area contributed by atoms with Crippen LogP contribution in [-0.2, 0) is 6.54 Å². The second-order valence-corrected chi connectivity index (χ2v) is 4.06. The minimum absolute atomic E-state index is 0.402. The van der Waals surface area contributed by atoms with Gasteiger partial charge in [-0.1, -0.05) is 6.92 Å². The molecule has 0 aliphatic carbocycles. The molecular formula is C10H18N4. The Kier molecular flexibility index (Phi) is 2.46. The van der Waals surface area contributed by atoms with Gasteiger partial charge in [-0.25, -0.2) is 4.68 Å². The molecule has 1 unspecified atom stereocenters. The maximum Gasteiger partial charge on any atom is 0.130 e. The molecule has 2 N–H and O–H groups in total. The van der Waals surface area contributed by atoms with Crippen LogP contribution in [0.25, 0.3) is 0 Å². The number of fused-ring (bicyclic) bond motifs is 1. The minimum Gasteiger partial charge on any atom is -0.360 e. The lowest BCUT2D eigenvalue weighted by Crippen LogP contribution is -2.29. The quantitative estimate of drug-likeness (QED) is 0.757. The van der Waals surface area contributed by atoms with Crippen molar-refractivity contribution in [2.45, 2.75) is 25.8 Å². The van der Waals surface area contributed by atoms with Crippen LogP contribution in [0.5, 0.6) is 0 Å². The summed E-state index contributed by atoms with van der Waals surface area (Å²) in [5, 5.41) is 4.40. The van der Waals surface area contributed by atoms with Crippen molar-refractivity contribution in [3.05, 3.63) is 11.8 Å². The van der Waals surface area contributed by atoms with Gasteiger partial charge in [0.1, 0.15) is 5.82 Å². The molecule has 0 amide bonds. The van der Waals surface area contributed by atoms with E-state index in [1.165, 1.54) is 17.8 Å². The fourth-order valence-electron chi connectivity index (χ4n) is 2.01. The number of rotatable bonds is 2. The standard InChI is InChI=1S/C10H18N4/c1-8(6-11)9-7-12-14-5-3-4-13(2)10(9)14/h7-8H,3-6,11H2,1-2H3. The fourth-order valence-corrected chi connectivity index (χ4v) is 2.01. The third kappa shape index (κ3) is 1.39. The fraction of sp³-hybridized carbons (Fsp3) is 0.700. The number of hydrogen-bond donors (Lipinski definition) is 1. The van der Waals surface area contributed by atoms with Crippen LogP contribution in [0.1, 0.15) is 24.8 Å². The Labute approximate surface area is 84.7 Å². The molecule has 1 atom stereocenters. The average molecular weight is 194 g/mol. The van der Waals surface area contributed by atoms with Gasteiger partial charge in [-0.05, 0) is 18.9 Å². The van der Waals surface area contributed by atoms with Gasteiger partial charge in [-0.3, -0.25) is 0 Å². The Morgan fingerprint density at radius 2 is 2.36 bits per heavy atom. The highest BCUT2D eigenvalue weighted by Gasteiger charge is 2.21. The van der Waals surface area contributed by atoms with E-state index in [1.54, 1.807) is 0 Å². The molecular weight excluding hydrogens is 176 g/mol. The van der Waals surface area contributed by atoms with Crippen LogP contribution >= 0.6 is 0 Å². The molecule has 0 aromatic carbocycles. The van der Waals surface area contributed by atoms with E-state index in [0.717, 1.165) is 13.1 Å². The van der Waals surface area contributed by atoms with E-state index >= 15 is 0 Å². The van der Waals surface area contributed by atoms with Crippen LogP contribution in [-0.4, -0.2) is 29.9 Å². The maximum atomic E-state index is 5.69. The molecule has 14 heavy (non-hydrogen) atoms. The third-order valence-electron chi connectivity index (χ3n) is 2.95. The highest BCUT2D eigenvalue weighted by Crippen LogP contribution is 2.28. The first-order valence-electron chi connectivity index (χ1n) is 5.21. The van der Waals surface area contributed by atoms with E-state index in [0.29, 0.717) is 12.5 Å². The molecule has 1 aromatic heterocycles. The molecule has 0 saturated heterocycles. The van der Waals surface area contributed by atoms with Gasteiger partial charge >= 0.3 is 0 Å². The number of aryl methyl sites for hydroxylation is 1. The SMILES string of the molecule is CC(CN)c1cnn2c1N(C)CCC2. The van der Waals surface area contributed by atoms with Crippen molar-refractivity contribution in [1.82, 2.24) is 9.78 Å². The Morgan fingerprint density at radius 1 is 1.57 bits per heavy atom. The lowest BCUT2D eigenvalue weighted by atomic mass is 10.0. The first-order valence-corrected chi connectivity index (χ1v) is 5.21. The van der Waals surface area contributed by atoms with E-state index in [9.17, 15) is 0 Å². The zero-order chi connectivity index (χ0) is 10.1. The number of nitrogens with two attached hydrogens (primary N) is 1. The smallest absolute Gasteiger partial charge is 0.130 e. The van der Waals surface area contributed by atoms with Crippen LogP contribution < -0.4 is 10.6 Å². The summed E-state index contributed by atoms with van der Waals surface area (Å²) in [7, 11) is 2.12. The zero-order valence-corrected chi connectivity index (χ0v) is 8.90. The molecule has 0 radical (unpaired) electrons. The van der Waals surface area contributed by atoms with Crippen molar-refractivity contribution < 1.29 is 0 Å². The lowest BCUT2D eigenvalue weighted by Gasteiger charge is -2.27. The number of aromatic nitrogens is 2. The summed E-state index contributed by atoms with van der Waals surface area (Å²) < 4.78 is 2.09. The van der Waals surface area contributed by atoms with Crippen molar-refractivity contribution in [2.75, 3.05) is 25.0 Å². The summed E-state index contributed by atoms with van der Waals surface area (Å²) in [5.74, 6) is 1.66. The van der Waals surface area contributed by atoms with Crippen LogP contribution in [0, 0.1) is 0 Å². The van der Waals surface area contributed by atoms with Gasteiger partial charge in [0.25, 0.3) is 0 Å². The van der Waals surface area contributed by atoms with E-state index in [4.69, 9.17) is 5.73 Å². The average Bonchev–Trinajstić information content (AvgIpc) is 2.62. The first-order chi connectivity index (χ1) is 6.74. The second kappa shape index (κ2) is 3.61. The van der Waals surface area contributed by atoms with Crippen LogP contribution in [0.15, 0.2) is 6.20 Å². The van der Waals surface area contributed by atoms with E-state index < -0.39 is 0 Å². The number of nitrogens with zero attached hydrogens (tertiary/aromatic N) is 3. The molecule has 1 aromatic rings. The molecule has 1 aliphatic heterocycles. The van der Waals surface area contributed by atoms with Crippen LogP contribution in [0.2, 0.25) is 0 Å². The van der Waals surface area contributed by atoms with Crippen molar-refractivity contribution >= 4 is 5.82 Å². The Hall–Kier alpha value is -1.03. The van der Waals surface area contributed by atoms with Gasteiger partial charge < -0.3 is 10.6 Å². The molecule has 4 nitrogen and oxygen atoms in total. The van der Waals surface area contributed by atoms with Gasteiger partial charge in [-0.2, -0.15) is 5.10 Å². The highest BCUT2D eigenvalue weighted by atomic mass is 15.4. The van der Waals surface area contributed by atoms with Crippen molar-refractivity contribution in [3.63, 3.8) is 0 Å². The van der Waals surface area contributed by atoms with Gasteiger partial charge in [0.05, 0.1) is 6.20 Å². The lowest BCUT2D eigenvalue weighted by molar-refractivity contribution is 0.531. The largest absolute Gasteiger partial charge is 0.360 e. The summed E-state index contributed by atoms with van der Waals surface area (Å²) in [6, 6.07) is 0. The predicted molar refractivity (Wildman–Crippen MR) is 57.6 cm³/mol. The first kappa shape index (κ1) is 9.52. The Balaban J connectivity index is 2.38. The zero-order valence-electron chi connectivity index (χ0n) is 8.90. The Bertz CT molecular complexity index is 318. The summed E-state index contributed by atoms with van der Waals surface area (Å²) in [4.78, 5) is 2.28. The molecule has 78 valence electrons. The molecule has 2 rings (SSSR count). The molecule has 0 bridgehead atoms. The van der Waals surface area contributed by atoms with Gasteiger partial charge in [0.15, 0.2) is 0 Å². The topological polar surface area (TPSA) is 47.1 Å². The van der Waals surface area contributed by atoms with Crippen molar-refractivity contribution in [1.29, 1.82) is 0 Å². The number of anilines is 1. The summed E-state index contributed by atoms with van der Waals surface area (Å²) in [5.41, 5.74) is 6.97. The second-order valence-electron chi connectivity index (χ2n) is 4.06.